The number of hydrogen-bond acceptors (Lipinski definition) is 4. The number of carbonyl (C=O) groups excluding carboxylic acids is 1. The number of carbonyl (C=O) groups is 1. The van der Waals surface area contributed by atoms with Crippen LogP contribution in [0.25, 0.3) is 0 Å². The third kappa shape index (κ3) is 4.09. The van der Waals surface area contributed by atoms with Crippen molar-refractivity contribution in [2.75, 3.05) is 13.2 Å². The maximum Gasteiger partial charge on any atom is 0.338 e. The number of ether oxygens (including phenoxy) is 2. The molecule has 0 spiro atoms. The van der Waals surface area contributed by atoms with Crippen molar-refractivity contribution in [3.8, 4) is 5.88 Å². The van der Waals surface area contributed by atoms with Crippen LogP contribution in [-0.2, 0) is 4.74 Å². The number of rotatable bonds is 5. The molecule has 1 aromatic heterocycles. The van der Waals surface area contributed by atoms with E-state index >= 15 is 0 Å². The average Bonchev–Trinajstić information content (AvgIpc) is 2.46. The van der Waals surface area contributed by atoms with Gasteiger partial charge in [0.2, 0.25) is 5.88 Å². The number of pyridine rings is 1. The standard InChI is InChI=1S/C15H19NO3/c1-2-18-14-10-13(8-9-16-14)15(17)19-11-12-6-4-3-5-7-12/h3-4,8-10,12H,2,5-7,11H2,1H3. The normalized spacial score (nSPS) is 18.1. The molecule has 4 heteroatoms. The Hall–Kier alpha value is -1.84. The third-order valence-corrected chi connectivity index (χ3v) is 3.09. The number of esters is 1. The number of nitrogens with zero attached hydrogens (tertiary/aromatic N) is 1. The van der Waals surface area contributed by atoms with Crippen LogP contribution in [0.3, 0.4) is 0 Å². The second-order valence-corrected chi connectivity index (χ2v) is 4.56. The summed E-state index contributed by atoms with van der Waals surface area (Å²) < 4.78 is 10.6. The predicted molar refractivity (Wildman–Crippen MR) is 72.2 cm³/mol. The zero-order valence-electron chi connectivity index (χ0n) is 11.2. The summed E-state index contributed by atoms with van der Waals surface area (Å²) in [7, 11) is 0. The van der Waals surface area contributed by atoms with E-state index in [1.54, 1.807) is 18.3 Å². The first-order chi connectivity index (χ1) is 9.29. The molecule has 0 amide bonds. The van der Waals surface area contributed by atoms with Crippen LogP contribution in [0.5, 0.6) is 5.88 Å². The fourth-order valence-corrected chi connectivity index (χ4v) is 2.05. The van der Waals surface area contributed by atoms with Crippen molar-refractivity contribution in [3.05, 3.63) is 36.0 Å². The molecule has 0 radical (unpaired) electrons. The van der Waals surface area contributed by atoms with Gasteiger partial charge in [0, 0.05) is 12.3 Å². The molecule has 1 atom stereocenters. The molecule has 1 unspecified atom stereocenters. The maximum atomic E-state index is 11.9. The van der Waals surface area contributed by atoms with Crippen LogP contribution in [0.1, 0.15) is 36.5 Å². The van der Waals surface area contributed by atoms with Crippen LogP contribution in [0.2, 0.25) is 0 Å². The van der Waals surface area contributed by atoms with Crippen molar-refractivity contribution >= 4 is 5.97 Å². The van der Waals surface area contributed by atoms with E-state index in [0.29, 0.717) is 30.6 Å². The van der Waals surface area contributed by atoms with Crippen molar-refractivity contribution in [2.24, 2.45) is 5.92 Å². The molecular weight excluding hydrogens is 242 g/mol. The van der Waals surface area contributed by atoms with Gasteiger partial charge in [0.05, 0.1) is 18.8 Å². The molecule has 0 saturated heterocycles. The van der Waals surface area contributed by atoms with Crippen molar-refractivity contribution in [3.63, 3.8) is 0 Å². The SMILES string of the molecule is CCOc1cc(C(=O)OCC2CC=CCC2)ccn1. The Bertz CT molecular complexity index is 456. The van der Waals surface area contributed by atoms with E-state index in [4.69, 9.17) is 9.47 Å². The first kappa shape index (κ1) is 13.6. The summed E-state index contributed by atoms with van der Waals surface area (Å²) in [6, 6.07) is 3.26. The molecule has 0 fully saturated rings. The highest BCUT2D eigenvalue weighted by Crippen LogP contribution is 2.19. The van der Waals surface area contributed by atoms with Crippen molar-refractivity contribution < 1.29 is 14.3 Å². The molecule has 0 aliphatic heterocycles. The molecule has 1 aliphatic carbocycles. The third-order valence-electron chi connectivity index (χ3n) is 3.09. The molecule has 0 N–H and O–H groups in total. The quantitative estimate of drug-likeness (QED) is 0.604. The van der Waals surface area contributed by atoms with Gasteiger partial charge in [-0.25, -0.2) is 9.78 Å². The Labute approximate surface area is 113 Å². The van der Waals surface area contributed by atoms with E-state index in [1.807, 2.05) is 6.92 Å². The Kier molecular flexibility index (Phi) is 4.95. The van der Waals surface area contributed by atoms with E-state index in [0.717, 1.165) is 19.3 Å². The molecule has 2 rings (SSSR count). The lowest BCUT2D eigenvalue weighted by atomic mass is 9.95. The van der Waals surface area contributed by atoms with Gasteiger partial charge < -0.3 is 9.47 Å². The number of allylic oxidation sites excluding steroid dienone is 2. The minimum absolute atomic E-state index is 0.307. The largest absolute Gasteiger partial charge is 0.478 e. The molecule has 1 heterocycles. The van der Waals surface area contributed by atoms with E-state index in [2.05, 4.69) is 17.1 Å². The minimum atomic E-state index is -0.307. The Balaban J connectivity index is 1.88. The van der Waals surface area contributed by atoms with Crippen molar-refractivity contribution in [2.45, 2.75) is 26.2 Å². The lowest BCUT2D eigenvalue weighted by Gasteiger charge is -2.17. The van der Waals surface area contributed by atoms with Crippen LogP contribution < -0.4 is 4.74 Å². The van der Waals surface area contributed by atoms with Crippen molar-refractivity contribution in [1.82, 2.24) is 4.98 Å². The highest BCUT2D eigenvalue weighted by Gasteiger charge is 2.14. The first-order valence-corrected chi connectivity index (χ1v) is 6.70. The Morgan fingerprint density at radius 1 is 1.47 bits per heavy atom. The average molecular weight is 261 g/mol. The van der Waals surface area contributed by atoms with Crippen LogP contribution in [0.4, 0.5) is 0 Å². The van der Waals surface area contributed by atoms with E-state index in [1.165, 1.54) is 0 Å². The van der Waals surface area contributed by atoms with Gasteiger partial charge in [-0.1, -0.05) is 12.2 Å². The summed E-state index contributed by atoms with van der Waals surface area (Å²) in [6.07, 6.45) is 9.05. The zero-order chi connectivity index (χ0) is 13.5. The number of aromatic nitrogens is 1. The van der Waals surface area contributed by atoms with Gasteiger partial charge in [-0.05, 0) is 38.2 Å². The molecule has 19 heavy (non-hydrogen) atoms. The second-order valence-electron chi connectivity index (χ2n) is 4.56. The highest BCUT2D eigenvalue weighted by molar-refractivity contribution is 5.89. The summed E-state index contributed by atoms with van der Waals surface area (Å²) in [6.45, 7) is 2.89. The highest BCUT2D eigenvalue weighted by atomic mass is 16.5. The Morgan fingerprint density at radius 3 is 3.11 bits per heavy atom. The predicted octanol–water partition coefficient (Wildman–Crippen LogP) is 2.99. The molecule has 0 aromatic carbocycles. The van der Waals surface area contributed by atoms with Gasteiger partial charge in [0.15, 0.2) is 0 Å². The smallest absolute Gasteiger partial charge is 0.338 e. The zero-order valence-corrected chi connectivity index (χ0v) is 11.2. The topological polar surface area (TPSA) is 48.4 Å². The van der Waals surface area contributed by atoms with Gasteiger partial charge in [0.25, 0.3) is 0 Å². The molecule has 1 aliphatic rings. The van der Waals surface area contributed by atoms with Crippen molar-refractivity contribution in [1.29, 1.82) is 0 Å². The van der Waals surface area contributed by atoms with Gasteiger partial charge in [-0.15, -0.1) is 0 Å². The summed E-state index contributed by atoms with van der Waals surface area (Å²) in [5.74, 6) is 0.595. The molecule has 4 nitrogen and oxygen atoms in total. The van der Waals surface area contributed by atoms with Crippen LogP contribution in [0.15, 0.2) is 30.5 Å². The molecule has 0 saturated carbocycles. The summed E-state index contributed by atoms with van der Waals surface area (Å²) in [4.78, 5) is 15.9. The lowest BCUT2D eigenvalue weighted by molar-refractivity contribution is 0.0431. The van der Waals surface area contributed by atoms with Crippen LogP contribution in [0, 0.1) is 5.92 Å². The minimum Gasteiger partial charge on any atom is -0.478 e. The molecular formula is C15H19NO3. The monoisotopic (exact) mass is 261 g/mol. The van der Waals surface area contributed by atoms with Crippen LogP contribution >= 0.6 is 0 Å². The second kappa shape index (κ2) is 6.92. The van der Waals surface area contributed by atoms with E-state index in [9.17, 15) is 4.79 Å². The van der Waals surface area contributed by atoms with Gasteiger partial charge in [-0.2, -0.15) is 0 Å². The summed E-state index contributed by atoms with van der Waals surface area (Å²) in [5, 5.41) is 0. The fraction of sp³-hybridized carbons (Fsp3) is 0.467. The number of hydrogen-bond donors (Lipinski definition) is 0. The fourth-order valence-electron chi connectivity index (χ4n) is 2.05. The van der Waals surface area contributed by atoms with E-state index in [-0.39, 0.29) is 5.97 Å². The molecule has 1 aromatic rings. The maximum absolute atomic E-state index is 11.9. The molecule has 0 bridgehead atoms. The summed E-state index contributed by atoms with van der Waals surface area (Å²) >= 11 is 0. The van der Waals surface area contributed by atoms with Gasteiger partial charge in [0.1, 0.15) is 0 Å². The van der Waals surface area contributed by atoms with Crippen LogP contribution in [-0.4, -0.2) is 24.2 Å². The van der Waals surface area contributed by atoms with Gasteiger partial charge >= 0.3 is 5.97 Å². The first-order valence-electron chi connectivity index (χ1n) is 6.70. The Morgan fingerprint density at radius 2 is 2.37 bits per heavy atom. The summed E-state index contributed by atoms with van der Waals surface area (Å²) in [5.41, 5.74) is 0.491. The molecule has 102 valence electrons. The lowest BCUT2D eigenvalue weighted by Crippen LogP contribution is -2.15. The van der Waals surface area contributed by atoms with E-state index < -0.39 is 0 Å². The van der Waals surface area contributed by atoms with Gasteiger partial charge in [-0.3, -0.25) is 0 Å².